The fourth-order valence-corrected chi connectivity index (χ4v) is 2.63. The quantitative estimate of drug-likeness (QED) is 0.840. The van der Waals surface area contributed by atoms with Crippen LogP contribution in [-0.4, -0.2) is 8.42 Å². The van der Waals surface area contributed by atoms with Crippen LogP contribution in [0.25, 0.3) is 0 Å². The molecule has 0 fully saturated rings. The Morgan fingerprint density at radius 3 is 2.16 bits per heavy atom. The molecule has 0 unspecified atom stereocenters. The van der Waals surface area contributed by atoms with E-state index in [0.717, 1.165) is 11.1 Å². The minimum atomic E-state index is -3.49. The summed E-state index contributed by atoms with van der Waals surface area (Å²) in [4.78, 5) is 0.216. The lowest BCUT2D eigenvalue weighted by atomic mass is 10.2. The van der Waals surface area contributed by atoms with Crippen LogP contribution in [0.2, 0.25) is 0 Å². The van der Waals surface area contributed by atoms with Crippen molar-refractivity contribution in [2.45, 2.75) is 18.4 Å². The molecule has 0 radical (unpaired) electrons. The third kappa shape index (κ3) is 3.56. The van der Waals surface area contributed by atoms with Crippen molar-refractivity contribution >= 4 is 15.7 Å². The highest BCUT2D eigenvalue weighted by Crippen LogP contribution is 2.12. The normalized spacial score (nSPS) is 11.4. The summed E-state index contributed by atoms with van der Waals surface area (Å²) in [5.74, 6) is 0. The number of sulfonamides is 1. The molecule has 19 heavy (non-hydrogen) atoms. The zero-order chi connectivity index (χ0) is 13.9. The van der Waals surface area contributed by atoms with Gasteiger partial charge in [-0.15, -0.1) is 0 Å². The number of nitrogen functional groups attached to an aromatic ring is 1. The second-order valence-corrected chi connectivity index (χ2v) is 6.15. The van der Waals surface area contributed by atoms with Crippen molar-refractivity contribution in [1.29, 1.82) is 0 Å². The Kier molecular flexibility index (Phi) is 3.87. The van der Waals surface area contributed by atoms with Crippen molar-refractivity contribution in [1.82, 2.24) is 4.72 Å². The van der Waals surface area contributed by atoms with E-state index in [0.29, 0.717) is 5.69 Å². The van der Waals surface area contributed by atoms with Crippen molar-refractivity contribution in [3.63, 3.8) is 0 Å². The molecule has 3 N–H and O–H groups in total. The average Bonchev–Trinajstić information content (AvgIpc) is 2.39. The summed E-state index contributed by atoms with van der Waals surface area (Å²) in [6.07, 6.45) is 0. The molecule has 0 saturated heterocycles. The van der Waals surface area contributed by atoms with Gasteiger partial charge in [0.2, 0.25) is 10.0 Å². The van der Waals surface area contributed by atoms with Gasteiger partial charge < -0.3 is 5.73 Å². The summed E-state index contributed by atoms with van der Waals surface area (Å²) in [7, 11) is -3.49. The number of hydrogen-bond acceptors (Lipinski definition) is 3. The van der Waals surface area contributed by atoms with Gasteiger partial charge in [-0.2, -0.15) is 0 Å². The molecule has 0 heterocycles. The van der Waals surface area contributed by atoms with Crippen LogP contribution >= 0.6 is 0 Å². The SMILES string of the molecule is Cc1ccc(CNS(=O)(=O)c2ccc(N)cc2)cc1. The van der Waals surface area contributed by atoms with Crippen LogP contribution in [0.1, 0.15) is 11.1 Å². The molecule has 0 aliphatic carbocycles. The summed E-state index contributed by atoms with van der Waals surface area (Å²) in [5, 5.41) is 0. The largest absolute Gasteiger partial charge is 0.399 e. The van der Waals surface area contributed by atoms with E-state index in [1.165, 1.54) is 12.1 Å². The van der Waals surface area contributed by atoms with Gasteiger partial charge in [0.05, 0.1) is 4.90 Å². The molecule has 2 rings (SSSR count). The lowest BCUT2D eigenvalue weighted by Gasteiger charge is -2.07. The van der Waals surface area contributed by atoms with Gasteiger partial charge in [-0.25, -0.2) is 13.1 Å². The fourth-order valence-electron chi connectivity index (χ4n) is 1.61. The maximum atomic E-state index is 12.0. The minimum absolute atomic E-state index is 0.216. The highest BCUT2D eigenvalue weighted by molar-refractivity contribution is 7.89. The molecule has 0 amide bonds. The van der Waals surface area contributed by atoms with E-state index >= 15 is 0 Å². The van der Waals surface area contributed by atoms with Crippen molar-refractivity contribution < 1.29 is 8.42 Å². The van der Waals surface area contributed by atoms with Crippen molar-refractivity contribution in [3.8, 4) is 0 Å². The topological polar surface area (TPSA) is 72.2 Å². The molecular formula is C14H16N2O2S. The Hall–Kier alpha value is -1.85. The number of hydrogen-bond donors (Lipinski definition) is 2. The van der Waals surface area contributed by atoms with E-state index in [-0.39, 0.29) is 11.4 Å². The molecule has 0 spiro atoms. The summed E-state index contributed by atoms with van der Waals surface area (Å²) in [6.45, 7) is 2.26. The highest BCUT2D eigenvalue weighted by atomic mass is 32.2. The second kappa shape index (κ2) is 5.42. The van der Waals surface area contributed by atoms with Crippen LogP contribution in [0.5, 0.6) is 0 Å². The maximum Gasteiger partial charge on any atom is 0.240 e. The van der Waals surface area contributed by atoms with E-state index < -0.39 is 10.0 Å². The van der Waals surface area contributed by atoms with Crippen molar-refractivity contribution in [2.24, 2.45) is 0 Å². The molecule has 100 valence electrons. The number of aryl methyl sites for hydroxylation is 1. The molecule has 0 saturated carbocycles. The van der Waals surface area contributed by atoms with Gasteiger partial charge in [-0.05, 0) is 36.8 Å². The van der Waals surface area contributed by atoms with Gasteiger partial charge in [0, 0.05) is 12.2 Å². The Morgan fingerprint density at radius 1 is 1.00 bits per heavy atom. The van der Waals surface area contributed by atoms with Gasteiger partial charge in [0.15, 0.2) is 0 Å². The van der Waals surface area contributed by atoms with E-state index in [2.05, 4.69) is 4.72 Å². The predicted molar refractivity (Wildman–Crippen MR) is 76.1 cm³/mol. The van der Waals surface area contributed by atoms with E-state index in [1.54, 1.807) is 12.1 Å². The Balaban J connectivity index is 2.09. The summed E-state index contributed by atoms with van der Waals surface area (Å²) in [6, 6.07) is 13.8. The molecule has 2 aromatic carbocycles. The van der Waals surface area contributed by atoms with Crippen LogP contribution < -0.4 is 10.5 Å². The Bertz CT molecular complexity index is 647. The van der Waals surface area contributed by atoms with E-state index in [4.69, 9.17) is 5.73 Å². The number of nitrogens with one attached hydrogen (secondary N) is 1. The Labute approximate surface area is 113 Å². The van der Waals surface area contributed by atoms with Gasteiger partial charge in [-0.1, -0.05) is 29.8 Å². The first-order valence-electron chi connectivity index (χ1n) is 5.88. The third-order valence-electron chi connectivity index (χ3n) is 2.78. The van der Waals surface area contributed by atoms with Gasteiger partial charge in [0.1, 0.15) is 0 Å². The number of anilines is 1. The zero-order valence-corrected chi connectivity index (χ0v) is 11.4. The lowest BCUT2D eigenvalue weighted by molar-refractivity contribution is 0.581. The van der Waals surface area contributed by atoms with E-state index in [1.807, 2.05) is 31.2 Å². The monoisotopic (exact) mass is 276 g/mol. The maximum absolute atomic E-state index is 12.0. The first-order chi connectivity index (χ1) is 8.97. The van der Waals surface area contributed by atoms with Crippen LogP contribution in [0.3, 0.4) is 0 Å². The molecule has 0 aromatic heterocycles. The minimum Gasteiger partial charge on any atom is -0.399 e. The predicted octanol–water partition coefficient (Wildman–Crippen LogP) is 2.06. The standard InChI is InChI=1S/C14H16N2O2S/c1-11-2-4-12(5-3-11)10-16-19(17,18)14-8-6-13(15)7-9-14/h2-9,16H,10,15H2,1H3. The van der Waals surface area contributed by atoms with Crippen LogP contribution in [0, 0.1) is 6.92 Å². The van der Waals surface area contributed by atoms with Crippen LogP contribution in [-0.2, 0) is 16.6 Å². The summed E-state index contributed by atoms with van der Waals surface area (Å²) < 4.78 is 26.6. The molecule has 0 atom stereocenters. The number of benzene rings is 2. The molecular weight excluding hydrogens is 260 g/mol. The van der Waals surface area contributed by atoms with Gasteiger partial charge in [0.25, 0.3) is 0 Å². The van der Waals surface area contributed by atoms with Gasteiger partial charge in [-0.3, -0.25) is 0 Å². The fraction of sp³-hybridized carbons (Fsp3) is 0.143. The molecule has 2 aromatic rings. The molecule has 0 aliphatic heterocycles. The van der Waals surface area contributed by atoms with Gasteiger partial charge >= 0.3 is 0 Å². The second-order valence-electron chi connectivity index (χ2n) is 4.38. The molecule has 5 heteroatoms. The molecule has 0 aliphatic rings. The van der Waals surface area contributed by atoms with Crippen molar-refractivity contribution in [2.75, 3.05) is 5.73 Å². The van der Waals surface area contributed by atoms with Crippen LogP contribution in [0.15, 0.2) is 53.4 Å². The Morgan fingerprint density at radius 2 is 1.58 bits per heavy atom. The van der Waals surface area contributed by atoms with E-state index in [9.17, 15) is 8.42 Å². The summed E-state index contributed by atoms with van der Waals surface area (Å²) >= 11 is 0. The highest BCUT2D eigenvalue weighted by Gasteiger charge is 2.12. The third-order valence-corrected chi connectivity index (χ3v) is 4.19. The van der Waals surface area contributed by atoms with Crippen molar-refractivity contribution in [3.05, 3.63) is 59.7 Å². The zero-order valence-electron chi connectivity index (χ0n) is 10.6. The smallest absolute Gasteiger partial charge is 0.240 e. The lowest BCUT2D eigenvalue weighted by Crippen LogP contribution is -2.23. The molecule has 4 nitrogen and oxygen atoms in total. The summed E-state index contributed by atoms with van der Waals surface area (Å²) in [5.41, 5.74) is 8.14. The van der Waals surface area contributed by atoms with Crippen LogP contribution in [0.4, 0.5) is 5.69 Å². The first kappa shape index (κ1) is 13.6. The first-order valence-corrected chi connectivity index (χ1v) is 7.36. The number of nitrogens with two attached hydrogens (primary N) is 1. The number of rotatable bonds is 4. The molecule has 0 bridgehead atoms. The average molecular weight is 276 g/mol.